The molecule has 146 valence electrons. The molecule has 0 spiro atoms. The van der Waals surface area contributed by atoms with Crippen LogP contribution in [0.4, 0.5) is 0 Å². The monoisotopic (exact) mass is 379 g/mol. The van der Waals surface area contributed by atoms with Crippen LogP contribution in [0.15, 0.2) is 41.2 Å². The molecule has 0 aliphatic heterocycles. The van der Waals surface area contributed by atoms with Gasteiger partial charge in [0.15, 0.2) is 0 Å². The van der Waals surface area contributed by atoms with Crippen molar-refractivity contribution in [2.24, 2.45) is 0 Å². The Balaban J connectivity index is 1.95. The van der Waals surface area contributed by atoms with E-state index in [1.807, 2.05) is 64.1 Å². The smallest absolute Gasteiger partial charge is 0.258 e. The molecule has 0 aliphatic carbocycles. The van der Waals surface area contributed by atoms with Crippen molar-refractivity contribution in [2.45, 2.75) is 47.2 Å². The summed E-state index contributed by atoms with van der Waals surface area (Å²) in [5.41, 5.74) is 3.75. The third-order valence-electron chi connectivity index (χ3n) is 4.64. The first kappa shape index (κ1) is 19.5. The minimum absolute atomic E-state index is 0.111. The predicted octanol–water partition coefficient (Wildman–Crippen LogP) is 2.23. The van der Waals surface area contributed by atoms with E-state index in [1.54, 1.807) is 4.68 Å². The molecule has 0 aliphatic rings. The summed E-state index contributed by atoms with van der Waals surface area (Å²) in [7, 11) is 0. The van der Waals surface area contributed by atoms with Gasteiger partial charge in [0.1, 0.15) is 6.54 Å². The number of nitrogens with zero attached hydrogens (tertiary/aromatic N) is 4. The van der Waals surface area contributed by atoms with Crippen LogP contribution in [0.1, 0.15) is 35.1 Å². The Morgan fingerprint density at radius 1 is 1.14 bits per heavy atom. The van der Waals surface area contributed by atoms with Gasteiger partial charge in [-0.3, -0.25) is 14.2 Å². The average molecular weight is 379 g/mol. The number of aryl methyl sites for hydroxylation is 3. The second-order valence-electron chi connectivity index (χ2n) is 6.82. The number of carbonyl (C=O) groups excluding carboxylic acids is 1. The average Bonchev–Trinajstić information content (AvgIpc) is 3.01. The Hall–Kier alpha value is -3.22. The van der Waals surface area contributed by atoms with E-state index in [-0.39, 0.29) is 18.0 Å². The van der Waals surface area contributed by atoms with Gasteiger partial charge in [-0.25, -0.2) is 9.67 Å². The molecule has 0 unspecified atom stereocenters. The molecular weight excluding hydrogens is 354 g/mol. The maximum atomic E-state index is 13.0. The van der Waals surface area contributed by atoms with Gasteiger partial charge in [-0.05, 0) is 38.8 Å². The van der Waals surface area contributed by atoms with Crippen LogP contribution in [0.25, 0.3) is 5.95 Å². The number of aromatic nitrogens is 4. The zero-order valence-corrected chi connectivity index (χ0v) is 16.7. The van der Waals surface area contributed by atoms with Gasteiger partial charge in [0, 0.05) is 17.8 Å². The summed E-state index contributed by atoms with van der Waals surface area (Å²) in [6, 6.07) is 11.6. The van der Waals surface area contributed by atoms with Crippen LogP contribution in [0, 0.1) is 20.8 Å². The molecule has 0 fully saturated rings. The van der Waals surface area contributed by atoms with Crippen LogP contribution in [0.2, 0.25) is 0 Å². The van der Waals surface area contributed by atoms with Gasteiger partial charge in [-0.2, -0.15) is 5.10 Å². The number of hydrogen-bond acceptors (Lipinski definition) is 4. The minimum atomic E-state index is -0.249. The lowest BCUT2D eigenvalue weighted by molar-refractivity contribution is -0.121. The Morgan fingerprint density at radius 3 is 2.46 bits per heavy atom. The molecule has 0 radical (unpaired) electrons. The fraction of sp³-hybridized carbons (Fsp3) is 0.333. The van der Waals surface area contributed by atoms with E-state index in [9.17, 15) is 9.59 Å². The van der Waals surface area contributed by atoms with E-state index in [2.05, 4.69) is 15.4 Å². The molecule has 3 aromatic rings. The highest BCUT2D eigenvalue weighted by atomic mass is 16.2. The quantitative estimate of drug-likeness (QED) is 0.712. The Labute approximate surface area is 164 Å². The summed E-state index contributed by atoms with van der Waals surface area (Å²) in [5, 5.41) is 7.31. The van der Waals surface area contributed by atoms with Crippen LogP contribution in [-0.2, 0) is 24.3 Å². The number of benzene rings is 1. The number of nitrogens with one attached hydrogen (secondary N) is 1. The van der Waals surface area contributed by atoms with Crippen LogP contribution in [0.5, 0.6) is 0 Å². The van der Waals surface area contributed by atoms with Crippen molar-refractivity contribution >= 4 is 5.91 Å². The molecule has 0 bridgehead atoms. The van der Waals surface area contributed by atoms with Gasteiger partial charge in [0.2, 0.25) is 11.9 Å². The largest absolute Gasteiger partial charge is 0.350 e. The molecule has 0 saturated heterocycles. The van der Waals surface area contributed by atoms with Crippen molar-refractivity contribution in [3.8, 4) is 5.95 Å². The lowest BCUT2D eigenvalue weighted by atomic mass is 10.2. The number of amides is 1. The minimum Gasteiger partial charge on any atom is -0.350 e. The molecule has 1 amide bonds. The van der Waals surface area contributed by atoms with Crippen molar-refractivity contribution in [2.75, 3.05) is 0 Å². The fourth-order valence-electron chi connectivity index (χ4n) is 3.22. The summed E-state index contributed by atoms with van der Waals surface area (Å²) in [5.74, 6) is 0.113. The Kier molecular flexibility index (Phi) is 5.73. The molecule has 0 saturated carbocycles. The zero-order valence-electron chi connectivity index (χ0n) is 16.7. The fourth-order valence-corrected chi connectivity index (χ4v) is 3.22. The molecule has 7 heteroatoms. The van der Waals surface area contributed by atoms with Crippen molar-refractivity contribution in [1.82, 2.24) is 24.6 Å². The Morgan fingerprint density at radius 2 is 1.86 bits per heavy atom. The van der Waals surface area contributed by atoms with E-state index < -0.39 is 0 Å². The van der Waals surface area contributed by atoms with Gasteiger partial charge >= 0.3 is 0 Å². The van der Waals surface area contributed by atoms with Crippen molar-refractivity contribution < 1.29 is 4.79 Å². The van der Waals surface area contributed by atoms with Crippen LogP contribution in [0.3, 0.4) is 0 Å². The highest BCUT2D eigenvalue weighted by Gasteiger charge is 2.18. The highest BCUT2D eigenvalue weighted by Crippen LogP contribution is 2.11. The van der Waals surface area contributed by atoms with E-state index in [1.165, 1.54) is 4.57 Å². The van der Waals surface area contributed by atoms with Gasteiger partial charge in [0.05, 0.1) is 11.4 Å². The van der Waals surface area contributed by atoms with Gasteiger partial charge in [-0.1, -0.05) is 37.3 Å². The molecule has 0 atom stereocenters. The predicted molar refractivity (Wildman–Crippen MR) is 107 cm³/mol. The van der Waals surface area contributed by atoms with Gasteiger partial charge in [-0.15, -0.1) is 0 Å². The van der Waals surface area contributed by atoms with Crippen LogP contribution < -0.4 is 10.9 Å². The number of carbonyl (C=O) groups is 1. The summed E-state index contributed by atoms with van der Waals surface area (Å²) >= 11 is 0. The number of rotatable bonds is 6. The van der Waals surface area contributed by atoms with E-state index >= 15 is 0 Å². The van der Waals surface area contributed by atoms with Gasteiger partial charge < -0.3 is 5.32 Å². The van der Waals surface area contributed by atoms with Crippen molar-refractivity contribution in [3.63, 3.8) is 0 Å². The number of hydrogen-bond donors (Lipinski definition) is 1. The first-order valence-corrected chi connectivity index (χ1v) is 9.35. The first-order valence-electron chi connectivity index (χ1n) is 9.35. The standard InChI is InChI=1S/C21H25N5O2/c1-5-18-16(4)23-21(26-15(3)11-14(2)24-26)25(20(18)28)13-19(27)22-12-17-9-7-6-8-10-17/h6-11H,5,12-13H2,1-4H3,(H,22,27). The normalized spacial score (nSPS) is 10.9. The maximum absolute atomic E-state index is 13.0. The highest BCUT2D eigenvalue weighted by molar-refractivity contribution is 5.76. The third-order valence-corrected chi connectivity index (χ3v) is 4.64. The third kappa shape index (κ3) is 4.03. The first-order chi connectivity index (χ1) is 13.4. The second kappa shape index (κ2) is 8.21. The molecule has 2 heterocycles. The maximum Gasteiger partial charge on any atom is 0.258 e. The molecule has 28 heavy (non-hydrogen) atoms. The van der Waals surface area contributed by atoms with Gasteiger partial charge in [0.25, 0.3) is 5.56 Å². The van der Waals surface area contributed by atoms with Crippen molar-refractivity contribution in [3.05, 3.63) is 75.0 Å². The SMILES string of the molecule is CCc1c(C)nc(-n2nc(C)cc2C)n(CC(=O)NCc2ccccc2)c1=O. The van der Waals surface area contributed by atoms with Crippen LogP contribution in [-0.4, -0.2) is 25.2 Å². The zero-order chi connectivity index (χ0) is 20.3. The topological polar surface area (TPSA) is 81.8 Å². The van der Waals surface area contributed by atoms with E-state index in [0.717, 1.165) is 17.0 Å². The molecule has 1 N–H and O–H groups in total. The summed E-state index contributed by atoms with van der Waals surface area (Å²) in [4.78, 5) is 30.2. The molecule has 1 aromatic carbocycles. The summed E-state index contributed by atoms with van der Waals surface area (Å²) in [6.45, 7) is 7.80. The lowest BCUT2D eigenvalue weighted by Crippen LogP contribution is -2.36. The molecular formula is C21H25N5O2. The van der Waals surface area contributed by atoms with Crippen molar-refractivity contribution in [1.29, 1.82) is 0 Å². The summed E-state index contributed by atoms with van der Waals surface area (Å²) in [6.07, 6.45) is 0.556. The lowest BCUT2D eigenvalue weighted by Gasteiger charge is -2.16. The second-order valence-corrected chi connectivity index (χ2v) is 6.82. The molecule has 7 nitrogen and oxygen atoms in total. The summed E-state index contributed by atoms with van der Waals surface area (Å²) < 4.78 is 3.03. The van der Waals surface area contributed by atoms with Crippen LogP contribution >= 0.6 is 0 Å². The molecule has 2 aromatic heterocycles. The van der Waals surface area contributed by atoms with E-state index in [4.69, 9.17) is 0 Å². The Bertz CT molecular complexity index is 1050. The molecule has 3 rings (SSSR count). The van der Waals surface area contributed by atoms with E-state index in [0.29, 0.717) is 30.2 Å².